The van der Waals surface area contributed by atoms with Gasteiger partial charge in [0.25, 0.3) is 0 Å². The van der Waals surface area contributed by atoms with E-state index in [4.69, 9.17) is 0 Å². The van der Waals surface area contributed by atoms with Crippen LogP contribution < -0.4 is 0 Å². The lowest BCUT2D eigenvalue weighted by Gasteiger charge is -2.03. The smallest absolute Gasteiger partial charge is 0.0120 e. The molecule has 0 saturated heterocycles. The van der Waals surface area contributed by atoms with Gasteiger partial charge in [-0.05, 0) is 11.3 Å². The molecule has 0 aliphatic carbocycles. The molecule has 1 rings (SSSR count). The van der Waals surface area contributed by atoms with Gasteiger partial charge in [0.2, 0.25) is 0 Å². The highest BCUT2D eigenvalue weighted by Crippen LogP contribution is 2.27. The summed E-state index contributed by atoms with van der Waals surface area (Å²) < 4.78 is 0. The predicted molar refractivity (Wildman–Crippen MR) is 35.4 cm³/mol. The van der Waals surface area contributed by atoms with Crippen LogP contribution in [0.1, 0.15) is 13.8 Å². The number of allylic oxidation sites excluding steroid dienone is 1. The molecule has 1 heteroatoms. The zero-order chi connectivity index (χ0) is 5.28. The van der Waals surface area contributed by atoms with Crippen molar-refractivity contribution in [3.63, 3.8) is 0 Å². The van der Waals surface area contributed by atoms with Crippen LogP contribution in [0.15, 0.2) is 11.5 Å². The molecule has 0 aromatic rings. The number of thioether (sulfide) groups is 1. The summed E-state index contributed by atoms with van der Waals surface area (Å²) in [6.07, 6.45) is 2.26. The lowest BCUT2D eigenvalue weighted by molar-refractivity contribution is 0.730. The molecule has 0 amide bonds. The molecule has 0 N–H and O–H groups in total. The van der Waals surface area contributed by atoms with Crippen molar-refractivity contribution < 1.29 is 0 Å². The van der Waals surface area contributed by atoms with Crippen molar-refractivity contribution in [2.45, 2.75) is 19.1 Å². The van der Waals surface area contributed by atoms with E-state index in [0.717, 1.165) is 11.2 Å². The van der Waals surface area contributed by atoms with Crippen LogP contribution in [0.5, 0.6) is 0 Å². The SMILES string of the molecule is CC1C=CSC1C. The van der Waals surface area contributed by atoms with Crippen molar-refractivity contribution in [1.82, 2.24) is 0 Å². The average Bonchev–Trinajstić information content (AvgIpc) is 1.91. The minimum atomic E-state index is 0.796. The minimum Gasteiger partial charge on any atom is -0.131 e. The molecule has 1 heterocycles. The molecule has 0 aromatic carbocycles. The topological polar surface area (TPSA) is 0 Å². The molecule has 0 bridgehead atoms. The van der Waals surface area contributed by atoms with Crippen LogP contribution in [0.25, 0.3) is 0 Å². The summed E-state index contributed by atoms with van der Waals surface area (Å²) in [4.78, 5) is 0. The molecule has 0 nitrogen and oxygen atoms in total. The molecule has 1 aliphatic rings. The first-order valence-electron chi connectivity index (χ1n) is 2.63. The monoisotopic (exact) mass is 114 g/mol. The minimum absolute atomic E-state index is 0.796. The molecule has 0 aromatic heterocycles. The highest BCUT2D eigenvalue weighted by molar-refractivity contribution is 8.02. The predicted octanol–water partition coefficient (Wildman–Crippen LogP) is 2.27. The number of rotatable bonds is 0. The fourth-order valence-electron chi connectivity index (χ4n) is 0.574. The molecular weight excluding hydrogens is 104 g/mol. The van der Waals surface area contributed by atoms with E-state index in [1.165, 1.54) is 0 Å². The lowest BCUT2D eigenvalue weighted by atomic mass is 10.1. The van der Waals surface area contributed by atoms with Crippen molar-refractivity contribution in [3.05, 3.63) is 11.5 Å². The van der Waals surface area contributed by atoms with Gasteiger partial charge in [0.1, 0.15) is 0 Å². The van der Waals surface area contributed by atoms with Gasteiger partial charge in [-0.2, -0.15) is 0 Å². The van der Waals surface area contributed by atoms with E-state index in [0.29, 0.717) is 0 Å². The van der Waals surface area contributed by atoms with E-state index in [-0.39, 0.29) is 0 Å². The molecule has 0 radical (unpaired) electrons. The van der Waals surface area contributed by atoms with Gasteiger partial charge in [0.15, 0.2) is 0 Å². The van der Waals surface area contributed by atoms with Gasteiger partial charge in [0.05, 0.1) is 0 Å². The number of hydrogen-bond donors (Lipinski definition) is 0. The molecule has 1 aliphatic heterocycles. The zero-order valence-electron chi connectivity index (χ0n) is 4.72. The average molecular weight is 114 g/mol. The Hall–Kier alpha value is 0.0900. The Morgan fingerprint density at radius 1 is 1.43 bits per heavy atom. The molecule has 40 valence electrons. The standard InChI is InChI=1S/C6H10S/c1-5-3-4-7-6(5)2/h3-6H,1-2H3. The summed E-state index contributed by atoms with van der Waals surface area (Å²) >= 11 is 1.92. The quantitative estimate of drug-likeness (QED) is 0.465. The summed E-state index contributed by atoms with van der Waals surface area (Å²) in [6, 6.07) is 0. The maximum absolute atomic E-state index is 2.26. The Morgan fingerprint density at radius 2 is 2.14 bits per heavy atom. The normalized spacial score (nSPS) is 39.7. The maximum Gasteiger partial charge on any atom is 0.0120 e. The maximum atomic E-state index is 2.26. The van der Waals surface area contributed by atoms with Gasteiger partial charge in [-0.3, -0.25) is 0 Å². The van der Waals surface area contributed by atoms with Crippen molar-refractivity contribution in [1.29, 1.82) is 0 Å². The lowest BCUT2D eigenvalue weighted by Crippen LogP contribution is -1.99. The Balaban J connectivity index is 2.45. The van der Waals surface area contributed by atoms with Crippen LogP contribution in [0.3, 0.4) is 0 Å². The second kappa shape index (κ2) is 1.91. The van der Waals surface area contributed by atoms with Crippen LogP contribution in [-0.4, -0.2) is 5.25 Å². The van der Waals surface area contributed by atoms with E-state index in [1.54, 1.807) is 0 Å². The molecule has 0 fully saturated rings. The van der Waals surface area contributed by atoms with Crippen molar-refractivity contribution in [2.75, 3.05) is 0 Å². The third-order valence-electron chi connectivity index (χ3n) is 1.42. The fraction of sp³-hybridized carbons (Fsp3) is 0.667. The zero-order valence-corrected chi connectivity index (χ0v) is 5.53. The largest absolute Gasteiger partial charge is 0.131 e. The van der Waals surface area contributed by atoms with Crippen molar-refractivity contribution >= 4 is 11.8 Å². The molecule has 2 atom stereocenters. The summed E-state index contributed by atoms with van der Waals surface area (Å²) in [5.74, 6) is 0.796. The first kappa shape index (κ1) is 5.23. The molecule has 2 unspecified atom stereocenters. The van der Waals surface area contributed by atoms with Crippen LogP contribution in [0, 0.1) is 5.92 Å². The third-order valence-corrected chi connectivity index (χ3v) is 2.59. The fourth-order valence-corrected chi connectivity index (χ4v) is 1.50. The van der Waals surface area contributed by atoms with Gasteiger partial charge < -0.3 is 0 Å². The molecule has 0 saturated carbocycles. The van der Waals surface area contributed by atoms with E-state index in [1.807, 2.05) is 11.8 Å². The Labute approximate surface area is 49.0 Å². The van der Waals surface area contributed by atoms with Gasteiger partial charge in [-0.15, -0.1) is 11.8 Å². The third kappa shape index (κ3) is 1.00. The summed E-state index contributed by atoms with van der Waals surface area (Å²) in [7, 11) is 0. The van der Waals surface area contributed by atoms with Crippen LogP contribution in [0.2, 0.25) is 0 Å². The van der Waals surface area contributed by atoms with Gasteiger partial charge in [0, 0.05) is 5.25 Å². The van der Waals surface area contributed by atoms with E-state index >= 15 is 0 Å². The Bertz CT molecular complexity index is 86.2. The number of hydrogen-bond acceptors (Lipinski definition) is 1. The van der Waals surface area contributed by atoms with Crippen LogP contribution in [0.4, 0.5) is 0 Å². The second-order valence-corrected chi connectivity index (χ2v) is 3.32. The summed E-state index contributed by atoms with van der Waals surface area (Å²) in [5, 5.41) is 3.01. The van der Waals surface area contributed by atoms with Crippen molar-refractivity contribution in [2.24, 2.45) is 5.92 Å². The van der Waals surface area contributed by atoms with E-state index in [2.05, 4.69) is 25.3 Å². The molecular formula is C6H10S. The van der Waals surface area contributed by atoms with Gasteiger partial charge in [-0.25, -0.2) is 0 Å². The Morgan fingerprint density at radius 3 is 2.29 bits per heavy atom. The molecule has 7 heavy (non-hydrogen) atoms. The second-order valence-electron chi connectivity index (χ2n) is 2.03. The van der Waals surface area contributed by atoms with Crippen molar-refractivity contribution in [3.8, 4) is 0 Å². The van der Waals surface area contributed by atoms with Gasteiger partial charge >= 0.3 is 0 Å². The Kier molecular flexibility index (Phi) is 1.43. The van der Waals surface area contributed by atoms with Gasteiger partial charge in [-0.1, -0.05) is 19.9 Å². The van der Waals surface area contributed by atoms with E-state index < -0.39 is 0 Å². The highest BCUT2D eigenvalue weighted by atomic mass is 32.2. The first-order chi connectivity index (χ1) is 3.30. The molecule has 0 spiro atoms. The summed E-state index contributed by atoms with van der Waals surface area (Å²) in [6.45, 7) is 4.51. The van der Waals surface area contributed by atoms with Crippen LogP contribution >= 0.6 is 11.8 Å². The van der Waals surface area contributed by atoms with Crippen LogP contribution in [-0.2, 0) is 0 Å². The highest BCUT2D eigenvalue weighted by Gasteiger charge is 2.12. The van der Waals surface area contributed by atoms with E-state index in [9.17, 15) is 0 Å². The summed E-state index contributed by atoms with van der Waals surface area (Å²) in [5.41, 5.74) is 0. The first-order valence-corrected chi connectivity index (χ1v) is 3.57.